The number of nitrogens with zero attached hydrogens (tertiary/aromatic N) is 2. The first-order chi connectivity index (χ1) is 15.4. The van der Waals surface area contributed by atoms with Gasteiger partial charge in [-0.15, -0.1) is 0 Å². The number of rotatable bonds is 8. The van der Waals surface area contributed by atoms with Crippen molar-refractivity contribution >= 4 is 39.2 Å². The lowest BCUT2D eigenvalue weighted by Gasteiger charge is -2.19. The van der Waals surface area contributed by atoms with E-state index in [4.69, 9.17) is 9.47 Å². The van der Waals surface area contributed by atoms with Gasteiger partial charge in [-0.1, -0.05) is 30.3 Å². The fraction of sp³-hybridized carbons (Fsp3) is 0.136. The van der Waals surface area contributed by atoms with E-state index in [9.17, 15) is 19.7 Å². The number of non-ortho nitro benzene ring substituents is 1. The Morgan fingerprint density at radius 3 is 2.56 bits per heavy atom. The van der Waals surface area contributed by atoms with Gasteiger partial charge in [0.15, 0.2) is 0 Å². The van der Waals surface area contributed by atoms with Crippen LogP contribution in [0.4, 0.5) is 11.4 Å². The Balaban J connectivity index is 1.88. The minimum absolute atomic E-state index is 0.0830. The number of pyridine rings is 1. The Morgan fingerprint density at radius 2 is 1.91 bits per heavy atom. The van der Waals surface area contributed by atoms with Gasteiger partial charge in [0.2, 0.25) is 12.0 Å². The van der Waals surface area contributed by atoms with Crippen LogP contribution in [0.3, 0.4) is 0 Å². The van der Waals surface area contributed by atoms with E-state index < -0.39 is 22.9 Å². The maximum absolute atomic E-state index is 13.1. The van der Waals surface area contributed by atoms with E-state index in [1.165, 1.54) is 30.5 Å². The highest BCUT2D eigenvalue weighted by molar-refractivity contribution is 9.10. The Morgan fingerprint density at radius 1 is 1.16 bits per heavy atom. The number of nitro groups is 1. The number of hydrogen-bond donors (Lipinski definition) is 1. The summed E-state index contributed by atoms with van der Waals surface area (Å²) in [6.45, 7) is 2.06. The van der Waals surface area contributed by atoms with E-state index in [2.05, 4.69) is 26.2 Å². The Kier molecular flexibility index (Phi) is 7.50. The molecule has 3 aromatic rings. The van der Waals surface area contributed by atoms with Crippen molar-refractivity contribution in [3.63, 3.8) is 0 Å². The molecule has 0 aliphatic carbocycles. The molecule has 1 amide bonds. The standard InChI is InChI=1S/C22H18BrN3O6/c1-2-31-21-16(9-6-12-24-21)22(28)32-19(14-7-4-3-5-8-14)20(27)25-18-11-10-15(26(29)30)13-17(18)23/h3-13,19H,2H2,1H3,(H,25,27)/t19-/m0/s1. The molecule has 2 aromatic carbocycles. The molecule has 0 unspecified atom stereocenters. The molecule has 0 fully saturated rings. The molecule has 9 nitrogen and oxygen atoms in total. The average Bonchev–Trinajstić information content (AvgIpc) is 2.79. The van der Waals surface area contributed by atoms with Crippen molar-refractivity contribution < 1.29 is 24.0 Å². The molecule has 0 saturated heterocycles. The zero-order valence-electron chi connectivity index (χ0n) is 16.9. The smallest absolute Gasteiger partial charge is 0.344 e. The normalized spacial score (nSPS) is 11.3. The number of carbonyl (C=O) groups excluding carboxylic acids is 2. The topological polar surface area (TPSA) is 121 Å². The molecular weight excluding hydrogens is 482 g/mol. The number of benzene rings is 2. The molecule has 1 aromatic heterocycles. The van der Waals surface area contributed by atoms with Gasteiger partial charge in [0, 0.05) is 28.4 Å². The molecule has 3 rings (SSSR count). The maximum atomic E-state index is 13.1. The highest BCUT2D eigenvalue weighted by Gasteiger charge is 2.28. The summed E-state index contributed by atoms with van der Waals surface area (Å²) in [5.74, 6) is -1.32. The van der Waals surface area contributed by atoms with Gasteiger partial charge in [-0.3, -0.25) is 14.9 Å². The average molecular weight is 500 g/mol. The first-order valence-electron chi connectivity index (χ1n) is 9.49. The van der Waals surface area contributed by atoms with Gasteiger partial charge in [0.1, 0.15) is 5.56 Å². The number of aromatic nitrogens is 1. The van der Waals surface area contributed by atoms with Crippen LogP contribution in [0.1, 0.15) is 28.9 Å². The molecule has 0 spiro atoms. The summed E-state index contributed by atoms with van der Waals surface area (Å²) < 4.78 is 11.2. The summed E-state index contributed by atoms with van der Waals surface area (Å²) in [5.41, 5.74) is 0.674. The number of anilines is 1. The van der Waals surface area contributed by atoms with E-state index in [1.54, 1.807) is 43.3 Å². The van der Waals surface area contributed by atoms with Crippen LogP contribution >= 0.6 is 15.9 Å². The quantitative estimate of drug-likeness (QED) is 0.271. The van der Waals surface area contributed by atoms with Gasteiger partial charge in [-0.2, -0.15) is 0 Å². The Labute approximate surface area is 191 Å². The molecule has 32 heavy (non-hydrogen) atoms. The van der Waals surface area contributed by atoms with Crippen LogP contribution in [-0.2, 0) is 9.53 Å². The first-order valence-corrected chi connectivity index (χ1v) is 10.3. The van der Waals surface area contributed by atoms with E-state index in [1.807, 2.05) is 0 Å². The van der Waals surface area contributed by atoms with Crippen molar-refractivity contribution in [2.24, 2.45) is 0 Å². The zero-order valence-corrected chi connectivity index (χ0v) is 18.4. The molecule has 1 atom stereocenters. The Bertz CT molecular complexity index is 1140. The second kappa shape index (κ2) is 10.5. The summed E-state index contributed by atoms with van der Waals surface area (Å²) in [5, 5.41) is 13.6. The third-order valence-electron chi connectivity index (χ3n) is 4.26. The fourth-order valence-electron chi connectivity index (χ4n) is 2.79. The number of nitrogens with one attached hydrogen (secondary N) is 1. The van der Waals surface area contributed by atoms with E-state index in [0.717, 1.165) is 0 Å². The van der Waals surface area contributed by atoms with Crippen molar-refractivity contribution in [1.82, 2.24) is 4.98 Å². The van der Waals surface area contributed by atoms with Crippen molar-refractivity contribution in [2.75, 3.05) is 11.9 Å². The molecule has 0 aliphatic rings. The van der Waals surface area contributed by atoms with Gasteiger partial charge in [-0.25, -0.2) is 9.78 Å². The first kappa shape index (κ1) is 22.9. The second-order valence-corrected chi connectivity index (χ2v) is 7.25. The van der Waals surface area contributed by atoms with Crippen LogP contribution in [0, 0.1) is 10.1 Å². The van der Waals surface area contributed by atoms with Crippen molar-refractivity contribution in [3.05, 3.63) is 92.6 Å². The summed E-state index contributed by atoms with van der Waals surface area (Å²) in [6, 6.07) is 15.4. The van der Waals surface area contributed by atoms with Crippen LogP contribution in [0.25, 0.3) is 0 Å². The monoisotopic (exact) mass is 499 g/mol. The SMILES string of the molecule is CCOc1ncccc1C(=O)O[C@H](C(=O)Nc1ccc([N+](=O)[O-])cc1Br)c1ccccc1. The highest BCUT2D eigenvalue weighted by Crippen LogP contribution is 2.29. The van der Waals surface area contributed by atoms with Gasteiger partial charge in [-0.05, 0) is 41.1 Å². The van der Waals surface area contributed by atoms with Gasteiger partial charge >= 0.3 is 5.97 Å². The number of nitro benzene ring substituents is 1. The molecule has 1 N–H and O–H groups in total. The minimum atomic E-state index is -1.29. The molecule has 164 valence electrons. The summed E-state index contributed by atoms with van der Waals surface area (Å²) >= 11 is 3.21. The van der Waals surface area contributed by atoms with Gasteiger partial charge in [0.25, 0.3) is 11.6 Å². The number of amides is 1. The zero-order chi connectivity index (χ0) is 23.1. The highest BCUT2D eigenvalue weighted by atomic mass is 79.9. The molecule has 1 heterocycles. The minimum Gasteiger partial charge on any atom is -0.477 e. The number of ether oxygens (including phenoxy) is 2. The number of hydrogen-bond acceptors (Lipinski definition) is 7. The van der Waals surface area contributed by atoms with Crippen molar-refractivity contribution in [1.29, 1.82) is 0 Å². The summed E-state index contributed by atoms with van der Waals surface area (Å²) in [7, 11) is 0. The number of halogens is 1. The van der Waals surface area contributed by atoms with Crippen LogP contribution < -0.4 is 10.1 Å². The van der Waals surface area contributed by atoms with E-state index in [-0.39, 0.29) is 22.8 Å². The largest absolute Gasteiger partial charge is 0.477 e. The molecule has 0 radical (unpaired) electrons. The third-order valence-corrected chi connectivity index (χ3v) is 4.91. The second-order valence-electron chi connectivity index (χ2n) is 6.40. The summed E-state index contributed by atoms with van der Waals surface area (Å²) in [4.78, 5) is 40.4. The molecule has 0 aliphatic heterocycles. The number of esters is 1. The number of carbonyl (C=O) groups is 2. The lowest BCUT2D eigenvalue weighted by molar-refractivity contribution is -0.384. The molecule has 0 saturated carbocycles. The van der Waals surface area contributed by atoms with Crippen LogP contribution in [0.15, 0.2) is 71.3 Å². The predicted octanol–water partition coefficient (Wildman–Crippen LogP) is 4.69. The van der Waals surface area contributed by atoms with Crippen LogP contribution in [0.2, 0.25) is 0 Å². The lowest BCUT2D eigenvalue weighted by atomic mass is 10.1. The molecular formula is C22H18BrN3O6. The van der Waals surface area contributed by atoms with Crippen molar-refractivity contribution in [3.8, 4) is 5.88 Å². The van der Waals surface area contributed by atoms with Crippen LogP contribution in [0.5, 0.6) is 5.88 Å². The van der Waals surface area contributed by atoms with E-state index in [0.29, 0.717) is 16.6 Å². The summed E-state index contributed by atoms with van der Waals surface area (Å²) in [6.07, 6.45) is 0.190. The van der Waals surface area contributed by atoms with Crippen LogP contribution in [-0.4, -0.2) is 28.4 Å². The predicted molar refractivity (Wildman–Crippen MR) is 119 cm³/mol. The Hall–Kier alpha value is -3.79. The molecule has 0 bridgehead atoms. The molecule has 10 heteroatoms. The lowest BCUT2D eigenvalue weighted by Crippen LogP contribution is -2.26. The van der Waals surface area contributed by atoms with Gasteiger partial charge in [0.05, 0.1) is 17.2 Å². The fourth-order valence-corrected chi connectivity index (χ4v) is 3.25. The van der Waals surface area contributed by atoms with Gasteiger partial charge < -0.3 is 14.8 Å². The van der Waals surface area contributed by atoms with Crippen molar-refractivity contribution in [2.45, 2.75) is 13.0 Å². The van der Waals surface area contributed by atoms with E-state index >= 15 is 0 Å². The third kappa shape index (κ3) is 5.46. The maximum Gasteiger partial charge on any atom is 0.344 e.